The van der Waals surface area contributed by atoms with Crippen LogP contribution in [0.1, 0.15) is 13.8 Å². The molecule has 0 saturated heterocycles. The average molecular weight is 215 g/mol. The molecule has 0 rings (SSSR count). The molecule has 7 heavy (non-hydrogen) atoms. The van der Waals surface area contributed by atoms with Crippen molar-refractivity contribution < 1.29 is 29.0 Å². The second-order valence-electron chi connectivity index (χ2n) is 1.31. The van der Waals surface area contributed by atoms with Gasteiger partial charge < -0.3 is 34.8 Å². The van der Waals surface area contributed by atoms with Gasteiger partial charge in [0, 0.05) is 0 Å². The zero-order chi connectivity index (χ0) is 4.99. The number of nitrogens with one attached hydrogen (secondary N) is 2. The first kappa shape index (κ1) is 10.6. The SMILES string of the molecule is CC[NH+]([NH-])CC.[I-]. The Kier molecular flexibility index (Phi) is 10.1. The lowest BCUT2D eigenvalue weighted by Crippen LogP contribution is -3.04. The molecule has 0 fully saturated rings. The van der Waals surface area contributed by atoms with Crippen molar-refractivity contribution in [1.29, 1.82) is 0 Å². The van der Waals surface area contributed by atoms with E-state index in [2.05, 4.69) is 0 Å². The van der Waals surface area contributed by atoms with Crippen molar-refractivity contribution >= 4 is 0 Å². The van der Waals surface area contributed by atoms with Gasteiger partial charge in [-0.25, -0.2) is 0 Å². The van der Waals surface area contributed by atoms with Crippen LogP contribution in [-0.4, -0.2) is 13.1 Å². The predicted octanol–water partition coefficient (Wildman–Crippen LogP) is -3.12. The van der Waals surface area contributed by atoms with Crippen molar-refractivity contribution in [1.82, 2.24) is 0 Å². The molecule has 0 aliphatic carbocycles. The van der Waals surface area contributed by atoms with Gasteiger partial charge in [-0.2, -0.15) is 0 Å². The topological polar surface area (TPSA) is 28.2 Å². The van der Waals surface area contributed by atoms with Crippen molar-refractivity contribution in [2.75, 3.05) is 13.1 Å². The molecule has 0 aromatic rings. The highest BCUT2D eigenvalue weighted by molar-refractivity contribution is 4.11. The molecule has 46 valence electrons. The molecule has 2 nitrogen and oxygen atoms in total. The first-order valence-corrected chi connectivity index (χ1v) is 2.37. The molecule has 3 heteroatoms. The minimum absolute atomic E-state index is 0. The zero-order valence-electron chi connectivity index (χ0n) is 4.79. The smallest absolute Gasteiger partial charge is 0.0652 e. The molecule has 2 N–H and O–H groups in total. The summed E-state index contributed by atoms with van der Waals surface area (Å²) < 4.78 is 0. The highest BCUT2D eigenvalue weighted by Gasteiger charge is 1.78. The van der Waals surface area contributed by atoms with Gasteiger partial charge in [0.2, 0.25) is 0 Å². The lowest BCUT2D eigenvalue weighted by atomic mass is 10.6. The summed E-state index contributed by atoms with van der Waals surface area (Å²) in [5, 5.41) is 0.843. The van der Waals surface area contributed by atoms with Crippen LogP contribution in [0.2, 0.25) is 0 Å². The lowest BCUT2D eigenvalue weighted by Gasteiger charge is -2.15. The van der Waals surface area contributed by atoms with Gasteiger partial charge in [-0.3, -0.25) is 0 Å². The summed E-state index contributed by atoms with van der Waals surface area (Å²) in [6.45, 7) is 5.84. The van der Waals surface area contributed by atoms with E-state index >= 15 is 0 Å². The standard InChI is InChI=1S/C4H12N2.HI/c1-3-6(5)4-2;/h5-6H,3-4H2,1-2H3;1H/p-1. The quantitative estimate of drug-likeness (QED) is 0.373. The van der Waals surface area contributed by atoms with E-state index in [0.29, 0.717) is 0 Å². The van der Waals surface area contributed by atoms with Gasteiger partial charge in [-0.15, -0.1) is 0 Å². The molecule has 0 unspecified atom stereocenters. The molecule has 0 aromatic heterocycles. The third kappa shape index (κ3) is 6.65. The van der Waals surface area contributed by atoms with E-state index in [1.165, 1.54) is 0 Å². The van der Waals surface area contributed by atoms with Crippen LogP contribution in [-0.2, 0) is 0 Å². The number of hydrogen-bond acceptors (Lipinski definition) is 0. The minimum Gasteiger partial charge on any atom is -1.00 e. The summed E-state index contributed by atoms with van der Waals surface area (Å²) in [5.74, 6) is 6.99. The molecule has 0 amide bonds. The number of quaternary nitrogens is 1. The third-order valence-corrected chi connectivity index (χ3v) is 0.854. The predicted molar refractivity (Wildman–Crippen MR) is 26.4 cm³/mol. The summed E-state index contributed by atoms with van der Waals surface area (Å²) >= 11 is 0. The third-order valence-electron chi connectivity index (χ3n) is 0.854. The average Bonchev–Trinajstić information content (AvgIpc) is 1.65. The van der Waals surface area contributed by atoms with E-state index in [0.717, 1.165) is 18.1 Å². The Morgan fingerprint density at radius 1 is 1.29 bits per heavy atom. The Morgan fingerprint density at radius 3 is 1.57 bits per heavy atom. The molecular weight excluding hydrogens is 203 g/mol. The van der Waals surface area contributed by atoms with Crippen molar-refractivity contribution in [3.8, 4) is 0 Å². The van der Waals surface area contributed by atoms with Crippen molar-refractivity contribution in [3.63, 3.8) is 0 Å². The van der Waals surface area contributed by atoms with Crippen LogP contribution in [0.15, 0.2) is 0 Å². The summed E-state index contributed by atoms with van der Waals surface area (Å²) in [6.07, 6.45) is 0. The van der Waals surface area contributed by atoms with Gasteiger partial charge in [0.1, 0.15) is 0 Å². The minimum atomic E-state index is 0. The Balaban J connectivity index is 0. The van der Waals surface area contributed by atoms with Gasteiger partial charge in [0.25, 0.3) is 0 Å². The van der Waals surface area contributed by atoms with Crippen molar-refractivity contribution in [2.45, 2.75) is 13.8 Å². The van der Waals surface area contributed by atoms with Gasteiger partial charge in [0.15, 0.2) is 0 Å². The van der Waals surface area contributed by atoms with Crippen molar-refractivity contribution in [2.24, 2.45) is 0 Å². The Labute approximate surface area is 62.0 Å². The first-order chi connectivity index (χ1) is 2.81. The maximum atomic E-state index is 6.99. The van der Waals surface area contributed by atoms with E-state index in [4.69, 9.17) is 5.84 Å². The fourth-order valence-electron chi connectivity index (χ4n) is 0.250. The second-order valence-corrected chi connectivity index (χ2v) is 1.31. The molecule has 0 aliphatic heterocycles. The van der Waals surface area contributed by atoms with Crippen LogP contribution in [0.3, 0.4) is 0 Å². The van der Waals surface area contributed by atoms with Crippen LogP contribution >= 0.6 is 0 Å². The van der Waals surface area contributed by atoms with Crippen LogP contribution < -0.4 is 29.0 Å². The number of hydrogen-bond donors (Lipinski definition) is 1. The molecule has 0 spiro atoms. The van der Waals surface area contributed by atoms with E-state index in [-0.39, 0.29) is 24.0 Å². The molecule has 0 aliphatic rings. The zero-order valence-corrected chi connectivity index (χ0v) is 6.95. The molecular formula is C4H12IN2-. The van der Waals surface area contributed by atoms with Gasteiger partial charge >= 0.3 is 0 Å². The largest absolute Gasteiger partial charge is 1.00 e. The summed E-state index contributed by atoms with van der Waals surface area (Å²) in [5.41, 5.74) is 0. The molecule has 0 radical (unpaired) electrons. The molecule has 0 bridgehead atoms. The van der Waals surface area contributed by atoms with Crippen LogP contribution in [0.5, 0.6) is 0 Å². The first-order valence-electron chi connectivity index (χ1n) is 2.37. The summed E-state index contributed by atoms with van der Waals surface area (Å²) in [4.78, 5) is 0. The van der Waals surface area contributed by atoms with Gasteiger partial charge in [-0.05, 0) is 13.8 Å². The van der Waals surface area contributed by atoms with Crippen LogP contribution in [0.4, 0.5) is 0 Å². The second kappa shape index (κ2) is 6.65. The fraction of sp³-hybridized carbons (Fsp3) is 1.00. The Bertz CT molecular complexity index is 28.9. The Hall–Kier alpha value is 0.650. The Morgan fingerprint density at radius 2 is 1.57 bits per heavy atom. The van der Waals surface area contributed by atoms with Crippen molar-refractivity contribution in [3.05, 3.63) is 5.84 Å². The van der Waals surface area contributed by atoms with Gasteiger partial charge in [-0.1, -0.05) is 0 Å². The van der Waals surface area contributed by atoms with Crippen LogP contribution in [0, 0.1) is 0 Å². The summed E-state index contributed by atoms with van der Waals surface area (Å²) in [6, 6.07) is 0. The highest BCUT2D eigenvalue weighted by Crippen LogP contribution is 1.41. The maximum absolute atomic E-state index is 6.99. The maximum Gasteiger partial charge on any atom is 0.0652 e. The normalized spacial score (nSPS) is 8.57. The van der Waals surface area contributed by atoms with E-state index in [1.807, 2.05) is 13.8 Å². The summed E-state index contributed by atoms with van der Waals surface area (Å²) in [7, 11) is 0. The molecule has 0 aromatic carbocycles. The molecule has 0 saturated carbocycles. The van der Waals surface area contributed by atoms with E-state index in [9.17, 15) is 0 Å². The fourth-order valence-corrected chi connectivity index (χ4v) is 0.250. The lowest BCUT2D eigenvalue weighted by molar-refractivity contribution is -0.844. The van der Waals surface area contributed by atoms with E-state index < -0.39 is 0 Å². The van der Waals surface area contributed by atoms with E-state index in [1.54, 1.807) is 0 Å². The molecule has 0 atom stereocenters. The molecule has 0 heterocycles. The number of halogens is 1. The number of rotatable bonds is 2. The highest BCUT2D eigenvalue weighted by atomic mass is 127. The van der Waals surface area contributed by atoms with Gasteiger partial charge in [0.05, 0.1) is 13.1 Å². The monoisotopic (exact) mass is 215 g/mol. The van der Waals surface area contributed by atoms with Crippen LogP contribution in [0.25, 0.3) is 5.84 Å².